The van der Waals surface area contributed by atoms with Gasteiger partial charge in [-0.15, -0.1) is 0 Å². The van der Waals surface area contributed by atoms with Gasteiger partial charge in [0.05, 0.1) is 19.3 Å². The average Bonchev–Trinajstić information content (AvgIpc) is 3.16. The van der Waals surface area contributed by atoms with Crippen LogP contribution in [0.3, 0.4) is 0 Å². The Morgan fingerprint density at radius 2 is 1.91 bits per heavy atom. The van der Waals surface area contributed by atoms with Gasteiger partial charge in [0.1, 0.15) is 22.0 Å². The van der Waals surface area contributed by atoms with Crippen molar-refractivity contribution in [3.63, 3.8) is 0 Å². The summed E-state index contributed by atoms with van der Waals surface area (Å²) in [6, 6.07) is 10.6. The Morgan fingerprint density at radius 3 is 2.60 bits per heavy atom. The van der Waals surface area contributed by atoms with E-state index in [1.54, 1.807) is 38.1 Å². The second-order valence-electron chi connectivity index (χ2n) is 7.34. The smallest absolute Gasteiger partial charge is 0.338 e. The van der Waals surface area contributed by atoms with Gasteiger partial charge in [-0.05, 0) is 55.8 Å². The first-order valence-corrected chi connectivity index (χ1v) is 12.0. The number of methoxy groups -OCH3 is 1. The van der Waals surface area contributed by atoms with Crippen LogP contribution >= 0.6 is 0 Å². The maximum absolute atomic E-state index is 13.2. The lowest BCUT2D eigenvalue weighted by atomic mass is 10.2. The molecule has 0 aliphatic rings. The fraction of sp³-hybridized carbons (Fsp3) is 0.208. The molecule has 3 rings (SSSR count). The number of carbonyl (C=O) groups excluding carboxylic acids is 2. The molecule has 35 heavy (non-hydrogen) atoms. The van der Waals surface area contributed by atoms with Crippen molar-refractivity contribution < 1.29 is 32.0 Å². The zero-order valence-corrected chi connectivity index (χ0v) is 20.4. The van der Waals surface area contributed by atoms with Crippen LogP contribution in [0.4, 0.5) is 11.4 Å². The Bertz CT molecular complexity index is 1380. The molecule has 0 saturated carbocycles. The number of anilines is 2. The van der Waals surface area contributed by atoms with Gasteiger partial charge < -0.3 is 19.3 Å². The van der Waals surface area contributed by atoms with Crippen molar-refractivity contribution in [2.24, 2.45) is 0 Å². The molecule has 1 heterocycles. The summed E-state index contributed by atoms with van der Waals surface area (Å²) >= 11 is 0. The van der Waals surface area contributed by atoms with E-state index in [2.05, 4.69) is 15.2 Å². The molecule has 0 radical (unpaired) electrons. The number of aromatic nitrogens is 1. The van der Waals surface area contributed by atoms with E-state index in [-0.39, 0.29) is 34.4 Å². The third-order valence-corrected chi connectivity index (χ3v) is 6.12. The molecule has 11 heteroatoms. The van der Waals surface area contributed by atoms with E-state index in [1.807, 2.05) is 0 Å². The summed E-state index contributed by atoms with van der Waals surface area (Å²) in [5.74, 6) is -0.390. The van der Waals surface area contributed by atoms with Gasteiger partial charge in [0.25, 0.3) is 10.0 Å². The van der Waals surface area contributed by atoms with Crippen LogP contribution in [0.1, 0.15) is 41.2 Å². The molecule has 0 spiro atoms. The van der Waals surface area contributed by atoms with Crippen LogP contribution in [0.5, 0.6) is 5.75 Å². The van der Waals surface area contributed by atoms with E-state index in [9.17, 15) is 18.0 Å². The first-order chi connectivity index (χ1) is 16.6. The van der Waals surface area contributed by atoms with E-state index < -0.39 is 16.0 Å². The molecule has 0 unspecified atom stereocenters. The van der Waals surface area contributed by atoms with Gasteiger partial charge >= 0.3 is 5.97 Å². The summed E-state index contributed by atoms with van der Waals surface area (Å²) in [4.78, 5) is 23.3. The Balaban J connectivity index is 1.91. The zero-order chi connectivity index (χ0) is 25.6. The van der Waals surface area contributed by atoms with Crippen molar-refractivity contribution in [3.8, 4) is 5.75 Å². The van der Waals surface area contributed by atoms with Crippen LogP contribution < -0.4 is 14.8 Å². The molecule has 10 nitrogen and oxygen atoms in total. The van der Waals surface area contributed by atoms with Crippen LogP contribution in [-0.2, 0) is 19.6 Å². The van der Waals surface area contributed by atoms with E-state index >= 15 is 0 Å². The number of hydrogen-bond donors (Lipinski definition) is 2. The van der Waals surface area contributed by atoms with Crippen LogP contribution in [0.2, 0.25) is 0 Å². The van der Waals surface area contributed by atoms with Gasteiger partial charge in [-0.25, -0.2) is 13.2 Å². The second-order valence-corrected chi connectivity index (χ2v) is 8.99. The number of esters is 1. The molecule has 0 fully saturated rings. The number of aryl methyl sites for hydroxylation is 1. The molecule has 0 atom stereocenters. The SMILES string of the molecule is CCOC(=O)c1cccc(NS(=O)(=O)c2cc(C=Cc3onc(C)c3NC(C)=O)ccc2OC)c1. The number of benzene rings is 2. The van der Waals surface area contributed by atoms with E-state index in [0.29, 0.717) is 22.7 Å². The van der Waals surface area contributed by atoms with Crippen LogP contribution in [0.15, 0.2) is 51.9 Å². The average molecular weight is 500 g/mol. The highest BCUT2D eigenvalue weighted by atomic mass is 32.2. The number of nitrogens with zero attached hydrogens (tertiary/aromatic N) is 1. The quantitative estimate of drug-likeness (QED) is 0.420. The monoisotopic (exact) mass is 499 g/mol. The van der Waals surface area contributed by atoms with Crippen molar-refractivity contribution in [3.05, 3.63) is 65.0 Å². The Kier molecular flexibility index (Phi) is 7.92. The Hall–Kier alpha value is -4.12. The summed E-state index contributed by atoms with van der Waals surface area (Å²) in [5, 5.41) is 6.50. The zero-order valence-electron chi connectivity index (χ0n) is 19.6. The Labute approximate surface area is 203 Å². The molecule has 1 aromatic heterocycles. The van der Waals surface area contributed by atoms with Crippen LogP contribution in [0, 0.1) is 6.92 Å². The van der Waals surface area contributed by atoms with Gasteiger partial charge in [0.2, 0.25) is 5.91 Å². The number of amides is 1. The van der Waals surface area contributed by atoms with Crippen molar-refractivity contribution in [1.29, 1.82) is 0 Å². The van der Waals surface area contributed by atoms with Crippen molar-refractivity contribution in [2.45, 2.75) is 25.7 Å². The maximum atomic E-state index is 13.2. The van der Waals surface area contributed by atoms with E-state index in [4.69, 9.17) is 14.0 Å². The van der Waals surface area contributed by atoms with Crippen molar-refractivity contribution >= 4 is 45.4 Å². The first kappa shape index (κ1) is 25.5. The highest BCUT2D eigenvalue weighted by Crippen LogP contribution is 2.29. The topological polar surface area (TPSA) is 137 Å². The summed E-state index contributed by atoms with van der Waals surface area (Å²) < 4.78 is 44.3. The van der Waals surface area contributed by atoms with Crippen molar-refractivity contribution in [2.75, 3.05) is 23.8 Å². The van der Waals surface area contributed by atoms with Gasteiger partial charge in [-0.3, -0.25) is 9.52 Å². The molecular formula is C24H25N3O7S. The van der Waals surface area contributed by atoms with Gasteiger partial charge in [0, 0.05) is 12.6 Å². The van der Waals surface area contributed by atoms with Crippen molar-refractivity contribution in [1.82, 2.24) is 5.16 Å². The van der Waals surface area contributed by atoms with Crippen LogP contribution in [0.25, 0.3) is 12.2 Å². The normalized spacial score (nSPS) is 11.3. The minimum Gasteiger partial charge on any atom is -0.495 e. The van der Waals surface area contributed by atoms with Crippen LogP contribution in [-0.4, -0.2) is 39.2 Å². The fourth-order valence-electron chi connectivity index (χ4n) is 3.14. The number of carbonyl (C=O) groups is 2. The largest absolute Gasteiger partial charge is 0.495 e. The molecule has 0 bridgehead atoms. The molecule has 2 N–H and O–H groups in total. The minimum absolute atomic E-state index is 0.112. The molecule has 2 aromatic carbocycles. The molecular weight excluding hydrogens is 474 g/mol. The maximum Gasteiger partial charge on any atom is 0.338 e. The van der Waals surface area contributed by atoms with Gasteiger partial charge in [-0.1, -0.05) is 23.4 Å². The van der Waals surface area contributed by atoms with E-state index in [0.717, 1.165) is 0 Å². The molecule has 1 amide bonds. The van der Waals surface area contributed by atoms with Gasteiger partial charge in [0.15, 0.2) is 5.76 Å². The molecule has 0 aliphatic heterocycles. The number of sulfonamides is 1. The minimum atomic E-state index is -4.09. The fourth-order valence-corrected chi connectivity index (χ4v) is 4.40. The van der Waals surface area contributed by atoms with Gasteiger partial charge in [-0.2, -0.15) is 0 Å². The molecule has 0 aliphatic carbocycles. The Morgan fingerprint density at radius 1 is 1.14 bits per heavy atom. The third-order valence-electron chi connectivity index (χ3n) is 4.72. The number of nitrogens with one attached hydrogen (secondary N) is 2. The predicted octanol–water partition coefficient (Wildman–Crippen LogP) is 4.10. The third kappa shape index (κ3) is 6.27. The molecule has 3 aromatic rings. The number of ether oxygens (including phenoxy) is 2. The number of hydrogen-bond acceptors (Lipinski definition) is 8. The predicted molar refractivity (Wildman–Crippen MR) is 131 cm³/mol. The summed E-state index contributed by atoms with van der Waals surface area (Å²) in [6.45, 7) is 4.94. The number of rotatable bonds is 9. The highest BCUT2D eigenvalue weighted by molar-refractivity contribution is 7.92. The molecule has 184 valence electrons. The summed E-state index contributed by atoms with van der Waals surface area (Å²) in [6.07, 6.45) is 3.19. The summed E-state index contributed by atoms with van der Waals surface area (Å²) in [5.41, 5.74) is 1.86. The highest BCUT2D eigenvalue weighted by Gasteiger charge is 2.21. The first-order valence-electron chi connectivity index (χ1n) is 10.5. The van der Waals surface area contributed by atoms with E-state index in [1.165, 1.54) is 44.4 Å². The lowest BCUT2D eigenvalue weighted by molar-refractivity contribution is -0.114. The second kappa shape index (κ2) is 10.9. The lowest BCUT2D eigenvalue weighted by Crippen LogP contribution is -2.15. The summed E-state index contributed by atoms with van der Waals surface area (Å²) in [7, 11) is -2.73. The molecule has 0 saturated heterocycles. The lowest BCUT2D eigenvalue weighted by Gasteiger charge is -2.13. The standard InChI is InChI=1S/C24H25N3O7S/c1-5-33-24(29)18-7-6-8-19(14-18)27-35(30,31)22-13-17(9-11-20(22)32-4)10-12-21-23(25-16(3)28)15(2)26-34-21/h6-14,27H,5H2,1-4H3,(H,25,28).